The zero-order chi connectivity index (χ0) is 22.9. The molecule has 0 spiro atoms. The van der Waals surface area contributed by atoms with Crippen molar-refractivity contribution in [3.05, 3.63) is 48.5 Å². The molecule has 0 fully saturated rings. The van der Waals surface area contributed by atoms with Crippen LogP contribution in [0, 0.1) is 0 Å². The molecule has 2 aromatic rings. The normalized spacial score (nSPS) is 10.6. The highest BCUT2D eigenvalue weighted by atomic mass is 16.5. The Labute approximate surface area is 193 Å². The molecule has 176 valence electrons. The summed E-state index contributed by atoms with van der Waals surface area (Å²) in [5.41, 5.74) is 1.45. The van der Waals surface area contributed by atoms with Crippen molar-refractivity contribution in [2.75, 3.05) is 23.8 Å². The number of urea groups is 1. The third-order valence-electron chi connectivity index (χ3n) is 5.26. The molecule has 5 heteroatoms. The van der Waals surface area contributed by atoms with Crippen molar-refractivity contribution in [2.24, 2.45) is 0 Å². The molecule has 0 unspecified atom stereocenters. The largest absolute Gasteiger partial charge is 0.494 e. The summed E-state index contributed by atoms with van der Waals surface area (Å²) in [5.74, 6) is 1.65. The predicted molar refractivity (Wildman–Crippen MR) is 134 cm³/mol. The van der Waals surface area contributed by atoms with E-state index in [0.717, 1.165) is 48.9 Å². The molecule has 32 heavy (non-hydrogen) atoms. The lowest BCUT2D eigenvalue weighted by Crippen LogP contribution is -2.19. The summed E-state index contributed by atoms with van der Waals surface area (Å²) < 4.78 is 11.5. The minimum absolute atomic E-state index is 0.279. The van der Waals surface area contributed by atoms with Gasteiger partial charge in [0.1, 0.15) is 11.5 Å². The lowest BCUT2D eigenvalue weighted by atomic mass is 10.2. The van der Waals surface area contributed by atoms with Crippen molar-refractivity contribution >= 4 is 17.4 Å². The van der Waals surface area contributed by atoms with E-state index in [0.29, 0.717) is 0 Å². The van der Waals surface area contributed by atoms with Crippen molar-refractivity contribution in [2.45, 2.75) is 78.1 Å². The number of carbonyl (C=O) groups excluding carboxylic acids is 1. The molecule has 5 nitrogen and oxygen atoms in total. The van der Waals surface area contributed by atoms with Gasteiger partial charge >= 0.3 is 6.03 Å². The number of carbonyl (C=O) groups is 1. The lowest BCUT2D eigenvalue weighted by Gasteiger charge is -2.10. The summed E-state index contributed by atoms with van der Waals surface area (Å²) in [7, 11) is 0. The number of rotatable bonds is 16. The number of hydrogen-bond donors (Lipinski definition) is 2. The van der Waals surface area contributed by atoms with Gasteiger partial charge < -0.3 is 20.1 Å². The van der Waals surface area contributed by atoms with E-state index in [4.69, 9.17) is 9.47 Å². The van der Waals surface area contributed by atoms with Gasteiger partial charge in [0.05, 0.1) is 13.2 Å². The van der Waals surface area contributed by atoms with Gasteiger partial charge in [-0.15, -0.1) is 0 Å². The Bertz CT molecular complexity index is 681. The van der Waals surface area contributed by atoms with Gasteiger partial charge in [-0.05, 0) is 61.4 Å². The van der Waals surface area contributed by atoms with Crippen molar-refractivity contribution in [3.63, 3.8) is 0 Å². The zero-order valence-corrected chi connectivity index (χ0v) is 19.8. The summed E-state index contributed by atoms with van der Waals surface area (Å²) >= 11 is 0. The highest BCUT2D eigenvalue weighted by Gasteiger charge is 2.04. The first-order valence-corrected chi connectivity index (χ1v) is 12.2. The van der Waals surface area contributed by atoms with Gasteiger partial charge in [-0.25, -0.2) is 4.79 Å². The molecular formula is C27H40N2O3. The maximum absolute atomic E-state index is 12.3. The van der Waals surface area contributed by atoms with Crippen LogP contribution >= 0.6 is 0 Å². The van der Waals surface area contributed by atoms with Gasteiger partial charge in [-0.2, -0.15) is 0 Å². The van der Waals surface area contributed by atoms with E-state index in [1.54, 1.807) is 0 Å². The third kappa shape index (κ3) is 11.1. The van der Waals surface area contributed by atoms with Crippen LogP contribution in [0.2, 0.25) is 0 Å². The van der Waals surface area contributed by atoms with Crippen LogP contribution in [0.25, 0.3) is 0 Å². The van der Waals surface area contributed by atoms with E-state index in [1.165, 1.54) is 51.4 Å². The second-order valence-electron chi connectivity index (χ2n) is 8.15. The van der Waals surface area contributed by atoms with Crippen molar-refractivity contribution < 1.29 is 14.3 Å². The van der Waals surface area contributed by atoms with E-state index in [2.05, 4.69) is 24.5 Å². The van der Waals surface area contributed by atoms with E-state index < -0.39 is 0 Å². The second kappa shape index (κ2) is 16.0. The molecule has 0 aromatic heterocycles. The first-order chi connectivity index (χ1) is 15.7. The zero-order valence-electron chi connectivity index (χ0n) is 19.8. The SMILES string of the molecule is CCCCCCCOc1ccc(NC(=O)Nc2ccc(OCCCCCCC)cc2)cc1. The maximum Gasteiger partial charge on any atom is 0.323 e. The Balaban J connectivity index is 1.65. The molecule has 0 saturated heterocycles. The number of benzene rings is 2. The van der Waals surface area contributed by atoms with Crippen LogP contribution in [0.1, 0.15) is 78.1 Å². The van der Waals surface area contributed by atoms with Crippen LogP contribution in [0.5, 0.6) is 11.5 Å². The van der Waals surface area contributed by atoms with Crippen LogP contribution in [-0.4, -0.2) is 19.2 Å². The smallest absolute Gasteiger partial charge is 0.323 e. The fourth-order valence-electron chi connectivity index (χ4n) is 3.35. The minimum atomic E-state index is -0.279. The predicted octanol–water partition coefficient (Wildman–Crippen LogP) is 8.03. The topological polar surface area (TPSA) is 59.6 Å². The van der Waals surface area contributed by atoms with E-state index >= 15 is 0 Å². The van der Waals surface area contributed by atoms with Crippen molar-refractivity contribution in [3.8, 4) is 11.5 Å². The molecule has 2 rings (SSSR count). The van der Waals surface area contributed by atoms with E-state index in [-0.39, 0.29) is 6.03 Å². The number of amides is 2. The highest BCUT2D eigenvalue weighted by molar-refractivity contribution is 5.99. The molecule has 0 atom stereocenters. The summed E-state index contributed by atoms with van der Waals surface area (Å²) in [4.78, 5) is 12.3. The molecule has 0 aliphatic carbocycles. The van der Waals surface area contributed by atoms with E-state index in [9.17, 15) is 4.79 Å². The average molecular weight is 441 g/mol. The number of hydrogen-bond acceptors (Lipinski definition) is 3. The number of unbranched alkanes of at least 4 members (excludes halogenated alkanes) is 8. The monoisotopic (exact) mass is 440 g/mol. The molecule has 0 radical (unpaired) electrons. The summed E-state index contributed by atoms with van der Waals surface area (Å²) in [6.07, 6.45) is 12.2. The fourth-order valence-corrected chi connectivity index (χ4v) is 3.35. The van der Waals surface area contributed by atoms with Gasteiger partial charge in [0, 0.05) is 11.4 Å². The Morgan fingerprint density at radius 3 is 1.34 bits per heavy atom. The molecule has 0 aliphatic heterocycles. The molecule has 0 heterocycles. The van der Waals surface area contributed by atoms with Gasteiger partial charge in [0.25, 0.3) is 0 Å². The molecular weight excluding hydrogens is 400 g/mol. The van der Waals surface area contributed by atoms with Gasteiger partial charge in [-0.1, -0.05) is 65.2 Å². The van der Waals surface area contributed by atoms with Crippen LogP contribution in [0.15, 0.2) is 48.5 Å². The molecule has 0 saturated carbocycles. The molecule has 0 aliphatic rings. The Kier molecular flexibility index (Phi) is 12.8. The first kappa shape index (κ1) is 25.6. The number of nitrogens with one attached hydrogen (secondary N) is 2. The summed E-state index contributed by atoms with van der Waals surface area (Å²) in [5, 5.41) is 5.69. The van der Waals surface area contributed by atoms with Crippen LogP contribution in [0.3, 0.4) is 0 Å². The van der Waals surface area contributed by atoms with Crippen LogP contribution in [-0.2, 0) is 0 Å². The minimum Gasteiger partial charge on any atom is -0.494 e. The van der Waals surface area contributed by atoms with E-state index in [1.807, 2.05) is 48.5 Å². The Morgan fingerprint density at radius 2 is 0.969 bits per heavy atom. The lowest BCUT2D eigenvalue weighted by molar-refractivity contribution is 0.262. The van der Waals surface area contributed by atoms with Gasteiger partial charge in [0.2, 0.25) is 0 Å². The van der Waals surface area contributed by atoms with Crippen LogP contribution in [0.4, 0.5) is 16.2 Å². The van der Waals surface area contributed by atoms with Crippen molar-refractivity contribution in [1.29, 1.82) is 0 Å². The second-order valence-corrected chi connectivity index (χ2v) is 8.15. The maximum atomic E-state index is 12.3. The van der Waals surface area contributed by atoms with Crippen LogP contribution < -0.4 is 20.1 Å². The Hall–Kier alpha value is -2.69. The highest BCUT2D eigenvalue weighted by Crippen LogP contribution is 2.19. The Morgan fingerprint density at radius 1 is 0.594 bits per heavy atom. The summed E-state index contributed by atoms with van der Waals surface area (Å²) in [6.45, 7) is 5.90. The third-order valence-corrected chi connectivity index (χ3v) is 5.26. The number of ether oxygens (including phenoxy) is 2. The van der Waals surface area contributed by atoms with Crippen molar-refractivity contribution in [1.82, 2.24) is 0 Å². The molecule has 2 N–H and O–H groups in total. The molecule has 2 aromatic carbocycles. The van der Waals surface area contributed by atoms with Gasteiger partial charge in [0.15, 0.2) is 0 Å². The summed E-state index contributed by atoms with van der Waals surface area (Å²) in [6, 6.07) is 14.7. The number of anilines is 2. The molecule has 2 amide bonds. The fraction of sp³-hybridized carbons (Fsp3) is 0.519. The first-order valence-electron chi connectivity index (χ1n) is 12.2. The quantitative estimate of drug-likeness (QED) is 0.260. The average Bonchev–Trinajstić information content (AvgIpc) is 2.80. The standard InChI is InChI=1S/C27H40N2O3/c1-3-5-7-9-11-21-31-25-17-13-23(14-18-25)28-27(30)29-24-15-19-26(20-16-24)32-22-12-10-8-6-4-2/h13-20H,3-12,21-22H2,1-2H3,(H2,28,29,30). The molecule has 0 bridgehead atoms. The van der Waals surface area contributed by atoms with Gasteiger partial charge in [-0.3, -0.25) is 0 Å².